The van der Waals surface area contributed by atoms with Gasteiger partial charge in [0.2, 0.25) is 11.2 Å². The largest absolute Gasteiger partial charge is 0.506 e. The number of halogens is 1. The molecular weight excluding hydrogens is 718 g/mol. The summed E-state index contributed by atoms with van der Waals surface area (Å²) >= 11 is 2.85. The van der Waals surface area contributed by atoms with Crippen LogP contribution in [0, 0.1) is 0 Å². The maximum Gasteiger partial charge on any atom is 0.347 e. The number of H-pyrrole nitrogens is 1. The molecule has 3 heterocycles. The van der Waals surface area contributed by atoms with Crippen molar-refractivity contribution in [2.75, 3.05) is 26.7 Å². The van der Waals surface area contributed by atoms with Crippen LogP contribution in [0.25, 0.3) is 10.9 Å². The third-order valence-corrected chi connectivity index (χ3v) is 11.9. The summed E-state index contributed by atoms with van der Waals surface area (Å²) in [7, 11) is 2.16. The first-order valence-electron chi connectivity index (χ1n) is 17.8. The lowest BCUT2D eigenvalue weighted by Gasteiger charge is -2.38. The molecule has 1 saturated carbocycles. The molecule has 284 valence electrons. The average molecular weight is 766 g/mol. The highest BCUT2D eigenvalue weighted by Crippen LogP contribution is 2.42. The van der Waals surface area contributed by atoms with E-state index >= 15 is 0 Å². The van der Waals surface area contributed by atoms with E-state index in [2.05, 4.69) is 41.3 Å². The Morgan fingerprint density at radius 2 is 1.68 bits per heavy atom. The number of carbonyl (C=O) groups is 1. The zero-order valence-corrected chi connectivity index (χ0v) is 31.5. The Morgan fingerprint density at radius 1 is 1.00 bits per heavy atom. The molecule has 0 radical (unpaired) electrons. The molecule has 5 aromatic rings. The molecule has 13 heteroatoms. The van der Waals surface area contributed by atoms with Crippen molar-refractivity contribution in [2.24, 2.45) is 0 Å². The molecule has 1 aliphatic carbocycles. The molecule has 5 N–H and O–H groups in total. The van der Waals surface area contributed by atoms with E-state index in [-0.39, 0.29) is 28.2 Å². The van der Waals surface area contributed by atoms with Crippen molar-refractivity contribution in [2.45, 2.75) is 75.3 Å². The predicted octanol–water partition coefficient (Wildman–Crippen LogP) is 6.82. The summed E-state index contributed by atoms with van der Waals surface area (Å²) in [6.45, 7) is 3.91. The Labute approximate surface area is 316 Å². The number of carboxylic acid groups (broad SMARTS) is 1. The summed E-state index contributed by atoms with van der Waals surface area (Å²) in [4.78, 5) is 30.9. The van der Waals surface area contributed by atoms with E-state index in [1.807, 2.05) is 47.2 Å². The number of carboxylic acids is 1. The summed E-state index contributed by atoms with van der Waals surface area (Å²) in [5.41, 5.74) is 0.339. The number of hydrogen-bond acceptors (Lipinski definition) is 10. The standard InChI is InChI=1S/C40H47N3O7S2.FH/c1-26(41-25-34(45)31-16-18-33(44)38-32(31)17-19-37(46)42-38)24-27-8-12-29(13-9-27)49-21-5-20-43(2)28-10-14-30(15-11-28)50-40(39(47)48,35-6-3-22-51-35)36-7-4-23-52-36;/h3-4,6-9,12-13,16-19,22-23,26,28,30,34,41,44-45H,5,10-11,14-15,20-21,24-25H2,1-2H3,(H,42,46)(H,47,48);1H/t26?,28?,30?,34-;/m0./s1. The van der Waals surface area contributed by atoms with Crippen molar-refractivity contribution in [1.29, 1.82) is 0 Å². The summed E-state index contributed by atoms with van der Waals surface area (Å²) in [5, 5.41) is 39.3. The number of aliphatic carboxylic acids is 1. The van der Waals surface area contributed by atoms with Crippen LogP contribution in [0.4, 0.5) is 4.70 Å². The van der Waals surface area contributed by atoms with E-state index in [4.69, 9.17) is 9.47 Å². The van der Waals surface area contributed by atoms with Gasteiger partial charge < -0.3 is 40.0 Å². The summed E-state index contributed by atoms with van der Waals surface area (Å²) < 4.78 is 12.6. The van der Waals surface area contributed by atoms with Gasteiger partial charge in [0.05, 0.1) is 34.1 Å². The minimum Gasteiger partial charge on any atom is -0.506 e. The van der Waals surface area contributed by atoms with Crippen molar-refractivity contribution in [3.8, 4) is 11.5 Å². The van der Waals surface area contributed by atoms with E-state index in [1.54, 1.807) is 12.1 Å². The molecule has 2 atom stereocenters. The maximum atomic E-state index is 12.7. The average Bonchev–Trinajstić information content (AvgIpc) is 3.89. The Morgan fingerprint density at radius 3 is 2.30 bits per heavy atom. The SMILES string of the molecule is CC(Cc1ccc(OCCCN(C)C2CCC(OC(C(=O)O)(c3cccs3)c3cccs3)CC2)cc1)NC[C@H](O)c1ccc(O)c2[nH]c(=O)ccc12.F. The first-order chi connectivity index (χ1) is 25.1. The van der Waals surface area contributed by atoms with Crippen LogP contribution in [0.5, 0.6) is 11.5 Å². The highest BCUT2D eigenvalue weighted by molar-refractivity contribution is 7.12. The van der Waals surface area contributed by atoms with Crippen LogP contribution in [0.1, 0.15) is 66.0 Å². The molecule has 1 fully saturated rings. The number of phenols is 1. The van der Waals surface area contributed by atoms with Gasteiger partial charge in [-0.1, -0.05) is 30.3 Å². The molecule has 0 aliphatic heterocycles. The predicted molar refractivity (Wildman–Crippen MR) is 208 cm³/mol. The van der Waals surface area contributed by atoms with Crippen molar-refractivity contribution in [3.05, 3.63) is 115 Å². The number of thiophene rings is 2. The van der Waals surface area contributed by atoms with E-state index in [1.165, 1.54) is 34.8 Å². The van der Waals surface area contributed by atoms with E-state index in [0.717, 1.165) is 56.4 Å². The van der Waals surface area contributed by atoms with Crippen LogP contribution < -0.4 is 15.6 Å². The van der Waals surface area contributed by atoms with Crippen molar-refractivity contribution < 1.29 is 34.3 Å². The van der Waals surface area contributed by atoms with E-state index in [0.29, 0.717) is 45.4 Å². The molecule has 0 bridgehead atoms. The monoisotopic (exact) mass is 765 g/mol. The number of nitrogens with zero attached hydrogens (tertiary/aromatic N) is 1. The van der Waals surface area contributed by atoms with Gasteiger partial charge in [-0.05, 0) is 111 Å². The number of aromatic hydroxyl groups is 1. The Balaban J connectivity index is 0.00000541. The number of aliphatic hydroxyl groups is 1. The molecule has 0 spiro atoms. The lowest BCUT2D eigenvalue weighted by atomic mass is 9.90. The van der Waals surface area contributed by atoms with Gasteiger partial charge in [-0.25, -0.2) is 4.79 Å². The molecule has 1 unspecified atom stereocenters. The van der Waals surface area contributed by atoms with Crippen molar-refractivity contribution in [1.82, 2.24) is 15.2 Å². The third-order valence-electron chi connectivity index (χ3n) is 9.96. The van der Waals surface area contributed by atoms with Crippen LogP contribution in [-0.2, 0) is 21.6 Å². The fourth-order valence-electron chi connectivity index (χ4n) is 7.12. The first kappa shape index (κ1) is 40.1. The van der Waals surface area contributed by atoms with Crippen molar-refractivity contribution >= 4 is 39.5 Å². The Hall–Kier alpha value is -4.11. The molecular formula is C40H48FN3O7S2. The van der Waals surface area contributed by atoms with E-state index in [9.17, 15) is 24.9 Å². The topological polar surface area (TPSA) is 144 Å². The van der Waals surface area contributed by atoms with E-state index < -0.39 is 17.7 Å². The smallest absolute Gasteiger partial charge is 0.347 e. The molecule has 0 saturated heterocycles. The lowest BCUT2D eigenvalue weighted by molar-refractivity contribution is -0.170. The number of rotatable bonds is 17. The summed E-state index contributed by atoms with van der Waals surface area (Å²) in [6.07, 6.45) is 4.27. The van der Waals surface area contributed by atoms with Crippen LogP contribution in [0.3, 0.4) is 0 Å². The second kappa shape index (κ2) is 18.3. The quantitative estimate of drug-likeness (QED) is 0.0645. The number of aliphatic hydroxyl groups excluding tert-OH is 1. The van der Waals surface area contributed by atoms with Gasteiger partial charge in [0.25, 0.3) is 0 Å². The van der Waals surface area contributed by atoms with Crippen LogP contribution in [-0.4, -0.2) is 76.1 Å². The maximum absolute atomic E-state index is 12.7. The number of fused-ring (bicyclic) bond motifs is 1. The number of aromatic nitrogens is 1. The second-order valence-electron chi connectivity index (χ2n) is 13.6. The summed E-state index contributed by atoms with van der Waals surface area (Å²) in [5.74, 6) is -0.166. The highest BCUT2D eigenvalue weighted by Gasteiger charge is 2.48. The van der Waals surface area contributed by atoms with Gasteiger partial charge in [-0.2, -0.15) is 0 Å². The normalized spacial score (nSPS) is 17.4. The highest BCUT2D eigenvalue weighted by atomic mass is 32.1. The first-order valence-corrected chi connectivity index (χ1v) is 19.6. The number of aromatic amines is 1. The minimum atomic E-state index is -1.46. The number of ether oxygens (including phenoxy) is 2. The van der Waals surface area contributed by atoms with Crippen molar-refractivity contribution in [3.63, 3.8) is 0 Å². The number of nitrogens with one attached hydrogen (secondary N) is 2. The van der Waals surface area contributed by atoms with Crippen LogP contribution >= 0.6 is 22.7 Å². The third kappa shape index (κ3) is 9.53. The van der Waals surface area contributed by atoms with Gasteiger partial charge in [-0.3, -0.25) is 9.50 Å². The van der Waals surface area contributed by atoms with Crippen LogP contribution in [0.15, 0.2) is 88.4 Å². The number of hydrogen-bond donors (Lipinski definition) is 5. The van der Waals surface area contributed by atoms with Gasteiger partial charge in [0.15, 0.2) is 0 Å². The zero-order chi connectivity index (χ0) is 36.7. The zero-order valence-electron chi connectivity index (χ0n) is 29.9. The number of phenolic OH excluding ortho intramolecular Hbond substituents is 1. The lowest BCUT2D eigenvalue weighted by Crippen LogP contribution is -2.44. The second-order valence-corrected chi connectivity index (χ2v) is 15.5. The number of benzene rings is 2. The molecule has 10 nitrogen and oxygen atoms in total. The van der Waals surface area contributed by atoms with Gasteiger partial charge in [-0.15, -0.1) is 22.7 Å². The van der Waals surface area contributed by atoms with Crippen LogP contribution in [0.2, 0.25) is 0 Å². The Bertz CT molecular complexity index is 1910. The van der Waals surface area contributed by atoms with Gasteiger partial charge in [0, 0.05) is 36.6 Å². The molecule has 53 heavy (non-hydrogen) atoms. The molecule has 2 aromatic carbocycles. The fourth-order valence-corrected chi connectivity index (χ4v) is 8.93. The molecule has 3 aromatic heterocycles. The van der Waals surface area contributed by atoms with Gasteiger partial charge >= 0.3 is 5.97 Å². The molecule has 1 aliphatic rings. The number of pyridine rings is 1. The molecule has 0 amide bonds. The minimum absolute atomic E-state index is 0. The van der Waals surface area contributed by atoms with Gasteiger partial charge in [0.1, 0.15) is 11.5 Å². The Kier molecular flexibility index (Phi) is 13.8. The fraction of sp³-hybridized carbons (Fsp3) is 0.400. The molecule has 6 rings (SSSR count). The summed E-state index contributed by atoms with van der Waals surface area (Å²) in [6, 6.07) is 22.3.